The number of thiazole rings is 1. The standard InChI is InChI=1S/C10H15N3O3S/c1-3-16-9(15)7-6-17-10(13-7)12-5-4-8(14)11-2/h6H,3-5H2,1-2H3,(H,11,14)(H,12,13). The molecule has 6 nitrogen and oxygen atoms in total. The van der Waals surface area contributed by atoms with Crippen molar-refractivity contribution in [3.63, 3.8) is 0 Å². The molecule has 0 saturated carbocycles. The maximum atomic E-state index is 11.3. The second-order valence-corrected chi connectivity index (χ2v) is 3.97. The van der Waals surface area contributed by atoms with Crippen molar-refractivity contribution >= 4 is 28.3 Å². The van der Waals surface area contributed by atoms with Crippen LogP contribution in [-0.4, -0.2) is 37.1 Å². The van der Waals surface area contributed by atoms with Crippen LogP contribution in [0.3, 0.4) is 0 Å². The predicted octanol–water partition coefficient (Wildman–Crippen LogP) is 0.868. The molecule has 2 N–H and O–H groups in total. The average Bonchev–Trinajstić information content (AvgIpc) is 2.78. The zero-order valence-electron chi connectivity index (χ0n) is 9.78. The molecule has 0 fully saturated rings. The van der Waals surface area contributed by atoms with E-state index in [9.17, 15) is 9.59 Å². The number of nitrogens with one attached hydrogen (secondary N) is 2. The molecule has 0 bridgehead atoms. The van der Waals surface area contributed by atoms with Crippen LogP contribution in [0.15, 0.2) is 5.38 Å². The molecule has 0 unspecified atom stereocenters. The molecule has 1 amide bonds. The number of anilines is 1. The molecule has 1 rings (SSSR count). The zero-order chi connectivity index (χ0) is 12.7. The lowest BCUT2D eigenvalue weighted by Gasteiger charge is -2.01. The van der Waals surface area contributed by atoms with Crippen LogP contribution >= 0.6 is 11.3 Å². The Morgan fingerprint density at radius 2 is 2.29 bits per heavy atom. The third-order valence-electron chi connectivity index (χ3n) is 1.90. The monoisotopic (exact) mass is 257 g/mol. The molecule has 94 valence electrons. The van der Waals surface area contributed by atoms with Gasteiger partial charge in [0.2, 0.25) is 5.91 Å². The van der Waals surface area contributed by atoms with Gasteiger partial charge in [0.1, 0.15) is 0 Å². The highest BCUT2D eigenvalue weighted by Gasteiger charge is 2.11. The van der Waals surface area contributed by atoms with Gasteiger partial charge in [-0.2, -0.15) is 0 Å². The van der Waals surface area contributed by atoms with Crippen LogP contribution in [0.4, 0.5) is 5.13 Å². The van der Waals surface area contributed by atoms with Gasteiger partial charge in [-0.05, 0) is 6.92 Å². The van der Waals surface area contributed by atoms with Crippen molar-refractivity contribution in [2.24, 2.45) is 0 Å². The first-order valence-electron chi connectivity index (χ1n) is 5.24. The number of aromatic nitrogens is 1. The number of carbonyl (C=O) groups excluding carboxylic acids is 2. The Labute approximate surface area is 103 Å². The first-order valence-corrected chi connectivity index (χ1v) is 6.12. The Balaban J connectivity index is 2.40. The van der Waals surface area contributed by atoms with Gasteiger partial charge in [0, 0.05) is 25.4 Å². The fourth-order valence-corrected chi connectivity index (χ4v) is 1.77. The maximum Gasteiger partial charge on any atom is 0.357 e. The van der Waals surface area contributed by atoms with E-state index in [1.807, 2.05) is 0 Å². The molecule has 0 saturated heterocycles. The minimum absolute atomic E-state index is 0.0420. The van der Waals surface area contributed by atoms with E-state index < -0.39 is 5.97 Å². The molecule has 17 heavy (non-hydrogen) atoms. The van der Waals surface area contributed by atoms with Gasteiger partial charge >= 0.3 is 5.97 Å². The van der Waals surface area contributed by atoms with Gasteiger partial charge < -0.3 is 15.4 Å². The summed E-state index contributed by atoms with van der Waals surface area (Å²) in [6.45, 7) is 2.55. The highest BCUT2D eigenvalue weighted by Crippen LogP contribution is 2.15. The molecule has 0 aromatic carbocycles. The minimum atomic E-state index is -0.428. The van der Waals surface area contributed by atoms with Gasteiger partial charge in [-0.1, -0.05) is 0 Å². The van der Waals surface area contributed by atoms with Crippen LogP contribution < -0.4 is 10.6 Å². The zero-order valence-corrected chi connectivity index (χ0v) is 10.6. The number of rotatable bonds is 6. The number of ether oxygens (including phenoxy) is 1. The summed E-state index contributed by atoms with van der Waals surface area (Å²) in [7, 11) is 1.59. The third-order valence-corrected chi connectivity index (χ3v) is 2.70. The molecular weight excluding hydrogens is 242 g/mol. The summed E-state index contributed by atoms with van der Waals surface area (Å²) in [5.74, 6) is -0.470. The molecule has 1 heterocycles. The Bertz CT molecular complexity index is 392. The molecule has 0 atom stereocenters. The number of amides is 1. The summed E-state index contributed by atoms with van der Waals surface area (Å²) in [6, 6.07) is 0. The lowest BCUT2D eigenvalue weighted by Crippen LogP contribution is -2.20. The van der Waals surface area contributed by atoms with Crippen molar-refractivity contribution in [2.45, 2.75) is 13.3 Å². The topological polar surface area (TPSA) is 80.3 Å². The van der Waals surface area contributed by atoms with E-state index in [1.54, 1.807) is 19.4 Å². The summed E-state index contributed by atoms with van der Waals surface area (Å²) in [4.78, 5) is 26.3. The number of hydrogen-bond acceptors (Lipinski definition) is 6. The van der Waals surface area contributed by atoms with Gasteiger partial charge in [-0.3, -0.25) is 4.79 Å². The summed E-state index contributed by atoms with van der Waals surface area (Å²) < 4.78 is 4.81. The largest absolute Gasteiger partial charge is 0.461 e. The van der Waals surface area contributed by atoms with Gasteiger partial charge in [-0.25, -0.2) is 9.78 Å². The molecule has 0 aliphatic carbocycles. The first kappa shape index (κ1) is 13.4. The molecular formula is C10H15N3O3S. The Morgan fingerprint density at radius 1 is 1.53 bits per heavy atom. The van der Waals surface area contributed by atoms with Gasteiger partial charge in [0.25, 0.3) is 0 Å². The SMILES string of the molecule is CCOC(=O)c1csc(NCCC(=O)NC)n1. The molecule has 7 heteroatoms. The molecule has 0 radical (unpaired) electrons. The smallest absolute Gasteiger partial charge is 0.357 e. The van der Waals surface area contributed by atoms with Crippen molar-refractivity contribution < 1.29 is 14.3 Å². The van der Waals surface area contributed by atoms with Crippen molar-refractivity contribution in [3.05, 3.63) is 11.1 Å². The van der Waals surface area contributed by atoms with Crippen LogP contribution in [0.5, 0.6) is 0 Å². The summed E-state index contributed by atoms with van der Waals surface area (Å²) in [6.07, 6.45) is 0.366. The van der Waals surface area contributed by atoms with Crippen LogP contribution in [0.1, 0.15) is 23.8 Å². The van der Waals surface area contributed by atoms with Crippen molar-refractivity contribution in [1.82, 2.24) is 10.3 Å². The van der Waals surface area contributed by atoms with E-state index in [0.29, 0.717) is 30.4 Å². The highest BCUT2D eigenvalue weighted by molar-refractivity contribution is 7.13. The Hall–Kier alpha value is -1.63. The summed E-state index contributed by atoms with van der Waals surface area (Å²) in [5.41, 5.74) is 0.291. The molecule has 0 aliphatic heterocycles. The van der Waals surface area contributed by atoms with Gasteiger partial charge in [-0.15, -0.1) is 11.3 Å². The molecule has 1 aromatic heterocycles. The summed E-state index contributed by atoms with van der Waals surface area (Å²) >= 11 is 1.31. The minimum Gasteiger partial charge on any atom is -0.461 e. The molecule has 0 aliphatic rings. The lowest BCUT2D eigenvalue weighted by atomic mass is 10.4. The highest BCUT2D eigenvalue weighted by atomic mass is 32.1. The quantitative estimate of drug-likeness (QED) is 0.739. The normalized spacial score (nSPS) is 9.76. The van der Waals surface area contributed by atoms with E-state index in [2.05, 4.69) is 15.6 Å². The Kier molecular flexibility index (Phi) is 5.41. The van der Waals surface area contributed by atoms with E-state index in [-0.39, 0.29) is 5.91 Å². The molecule has 1 aromatic rings. The van der Waals surface area contributed by atoms with Crippen molar-refractivity contribution in [3.8, 4) is 0 Å². The van der Waals surface area contributed by atoms with E-state index >= 15 is 0 Å². The number of nitrogens with zero attached hydrogens (tertiary/aromatic N) is 1. The van der Waals surface area contributed by atoms with Crippen LogP contribution in [0.2, 0.25) is 0 Å². The predicted molar refractivity (Wildman–Crippen MR) is 65.2 cm³/mol. The first-order chi connectivity index (χ1) is 8.17. The number of esters is 1. The Morgan fingerprint density at radius 3 is 2.94 bits per heavy atom. The number of hydrogen-bond donors (Lipinski definition) is 2. The lowest BCUT2D eigenvalue weighted by molar-refractivity contribution is -0.120. The van der Waals surface area contributed by atoms with E-state index in [0.717, 1.165) is 0 Å². The maximum absolute atomic E-state index is 11.3. The fraction of sp³-hybridized carbons (Fsp3) is 0.500. The van der Waals surface area contributed by atoms with Gasteiger partial charge in [0.15, 0.2) is 10.8 Å². The summed E-state index contributed by atoms with van der Waals surface area (Å²) in [5, 5.41) is 7.72. The van der Waals surface area contributed by atoms with Gasteiger partial charge in [0.05, 0.1) is 6.61 Å². The fourth-order valence-electron chi connectivity index (χ4n) is 1.06. The van der Waals surface area contributed by atoms with Crippen LogP contribution in [0.25, 0.3) is 0 Å². The van der Waals surface area contributed by atoms with E-state index in [1.165, 1.54) is 11.3 Å². The average molecular weight is 257 g/mol. The second kappa shape index (κ2) is 6.85. The van der Waals surface area contributed by atoms with Crippen LogP contribution in [-0.2, 0) is 9.53 Å². The van der Waals surface area contributed by atoms with Crippen molar-refractivity contribution in [2.75, 3.05) is 25.5 Å². The van der Waals surface area contributed by atoms with Crippen LogP contribution in [0, 0.1) is 0 Å². The third kappa shape index (κ3) is 4.39. The number of carbonyl (C=O) groups is 2. The van der Waals surface area contributed by atoms with Crippen molar-refractivity contribution in [1.29, 1.82) is 0 Å². The molecule has 0 spiro atoms. The second-order valence-electron chi connectivity index (χ2n) is 3.11. The van der Waals surface area contributed by atoms with E-state index in [4.69, 9.17) is 4.74 Å².